The van der Waals surface area contributed by atoms with Gasteiger partial charge in [0.15, 0.2) is 5.13 Å². The molecule has 0 amide bonds. The summed E-state index contributed by atoms with van der Waals surface area (Å²) in [6.07, 6.45) is 1.95. The molecule has 1 N–H and O–H groups in total. The zero-order valence-corrected chi connectivity index (χ0v) is 12.0. The van der Waals surface area contributed by atoms with Crippen molar-refractivity contribution in [1.29, 1.82) is 0 Å². The summed E-state index contributed by atoms with van der Waals surface area (Å²) in [7, 11) is 3.81. The zero-order chi connectivity index (χ0) is 12.7. The average Bonchev–Trinajstić information content (AvgIpc) is 2.72. The van der Waals surface area contributed by atoms with Crippen LogP contribution in [0.5, 0.6) is 0 Å². The van der Waals surface area contributed by atoms with Crippen LogP contribution < -0.4 is 10.2 Å². The Morgan fingerprint density at radius 3 is 2.94 bits per heavy atom. The van der Waals surface area contributed by atoms with Crippen molar-refractivity contribution in [3.8, 4) is 0 Å². The quantitative estimate of drug-likeness (QED) is 0.723. The molecule has 0 unspecified atom stereocenters. The lowest BCUT2D eigenvalue weighted by Crippen LogP contribution is -2.22. The molecule has 0 bridgehead atoms. The molecule has 5 heteroatoms. The molecule has 1 aromatic rings. The van der Waals surface area contributed by atoms with Gasteiger partial charge in [-0.1, -0.05) is 13.8 Å². The van der Waals surface area contributed by atoms with Crippen LogP contribution in [-0.4, -0.2) is 38.8 Å². The molecule has 0 aliphatic carbocycles. The topological polar surface area (TPSA) is 37.4 Å². The number of hydrogen-bond donors (Lipinski definition) is 1. The van der Waals surface area contributed by atoms with Gasteiger partial charge in [-0.15, -0.1) is 11.3 Å². The van der Waals surface area contributed by atoms with Crippen LogP contribution in [0, 0.1) is 5.92 Å². The van der Waals surface area contributed by atoms with Crippen LogP contribution in [0.1, 0.15) is 18.7 Å². The first kappa shape index (κ1) is 14.4. The van der Waals surface area contributed by atoms with Crippen LogP contribution >= 0.6 is 11.3 Å². The lowest BCUT2D eigenvalue weighted by Gasteiger charge is -2.17. The van der Waals surface area contributed by atoms with Crippen molar-refractivity contribution in [1.82, 2.24) is 10.3 Å². The summed E-state index contributed by atoms with van der Waals surface area (Å²) >= 11 is 1.75. The number of rotatable bonds is 8. The first-order valence-electron chi connectivity index (χ1n) is 5.99. The van der Waals surface area contributed by atoms with E-state index in [9.17, 15) is 0 Å². The Kier molecular flexibility index (Phi) is 6.47. The van der Waals surface area contributed by atoms with Crippen molar-refractivity contribution in [3.63, 3.8) is 0 Å². The Morgan fingerprint density at radius 2 is 2.29 bits per heavy atom. The van der Waals surface area contributed by atoms with E-state index in [1.807, 2.05) is 6.20 Å². The summed E-state index contributed by atoms with van der Waals surface area (Å²) in [6.45, 7) is 7.99. The van der Waals surface area contributed by atoms with E-state index in [1.54, 1.807) is 18.4 Å². The van der Waals surface area contributed by atoms with Gasteiger partial charge in [-0.05, 0) is 5.92 Å². The van der Waals surface area contributed by atoms with Crippen molar-refractivity contribution < 1.29 is 4.74 Å². The third-order valence-corrected chi connectivity index (χ3v) is 3.40. The molecule has 0 saturated carbocycles. The maximum Gasteiger partial charge on any atom is 0.185 e. The molecule has 0 aliphatic rings. The summed E-state index contributed by atoms with van der Waals surface area (Å²) in [5.41, 5.74) is 0. The molecule has 0 spiro atoms. The Morgan fingerprint density at radius 1 is 1.53 bits per heavy atom. The molecule has 0 aromatic carbocycles. The molecule has 0 fully saturated rings. The lowest BCUT2D eigenvalue weighted by molar-refractivity contribution is 0.199. The second kappa shape index (κ2) is 7.63. The van der Waals surface area contributed by atoms with Crippen molar-refractivity contribution in [2.75, 3.05) is 38.8 Å². The van der Waals surface area contributed by atoms with Gasteiger partial charge in [-0.2, -0.15) is 0 Å². The highest BCUT2D eigenvalue weighted by Gasteiger charge is 2.08. The van der Waals surface area contributed by atoms with Crippen LogP contribution in [0.4, 0.5) is 5.13 Å². The molecule has 0 saturated heterocycles. The van der Waals surface area contributed by atoms with Crippen molar-refractivity contribution in [2.45, 2.75) is 20.4 Å². The van der Waals surface area contributed by atoms with E-state index in [1.165, 1.54) is 4.88 Å². The van der Waals surface area contributed by atoms with E-state index in [0.717, 1.165) is 31.4 Å². The highest BCUT2D eigenvalue weighted by Crippen LogP contribution is 2.21. The minimum atomic E-state index is 0.659. The van der Waals surface area contributed by atoms with E-state index >= 15 is 0 Å². The number of thiazole rings is 1. The lowest BCUT2D eigenvalue weighted by atomic mass is 10.2. The molecular formula is C12H23N3OS. The molecule has 0 aliphatic heterocycles. The van der Waals surface area contributed by atoms with Crippen molar-refractivity contribution >= 4 is 16.5 Å². The molecule has 0 atom stereocenters. The standard InChI is InChI=1S/C12H23N3OS/c1-10(2)9-15(3)12-14-8-11(17-12)7-13-5-6-16-4/h8,10,13H,5-7,9H2,1-4H3. The molecule has 1 aromatic heterocycles. The summed E-state index contributed by atoms with van der Waals surface area (Å²) < 4.78 is 4.98. The molecular weight excluding hydrogens is 234 g/mol. The summed E-state index contributed by atoms with van der Waals surface area (Å²) in [6, 6.07) is 0. The molecule has 17 heavy (non-hydrogen) atoms. The minimum absolute atomic E-state index is 0.659. The fourth-order valence-electron chi connectivity index (χ4n) is 1.57. The van der Waals surface area contributed by atoms with Gasteiger partial charge < -0.3 is 15.0 Å². The number of ether oxygens (including phenoxy) is 1. The van der Waals surface area contributed by atoms with Crippen LogP contribution in [0.3, 0.4) is 0 Å². The summed E-state index contributed by atoms with van der Waals surface area (Å²) in [5.74, 6) is 0.659. The summed E-state index contributed by atoms with van der Waals surface area (Å²) in [4.78, 5) is 7.93. The van der Waals surface area contributed by atoms with E-state index in [-0.39, 0.29) is 0 Å². The predicted molar refractivity (Wildman–Crippen MR) is 73.8 cm³/mol. The van der Waals surface area contributed by atoms with Crippen LogP contribution in [0.15, 0.2) is 6.20 Å². The SMILES string of the molecule is COCCNCc1cnc(N(C)CC(C)C)s1. The van der Waals surface area contributed by atoms with Gasteiger partial charge in [0.25, 0.3) is 0 Å². The minimum Gasteiger partial charge on any atom is -0.383 e. The number of hydrogen-bond acceptors (Lipinski definition) is 5. The number of nitrogens with one attached hydrogen (secondary N) is 1. The summed E-state index contributed by atoms with van der Waals surface area (Å²) in [5, 5.41) is 4.42. The third kappa shape index (κ3) is 5.48. The second-order valence-electron chi connectivity index (χ2n) is 4.55. The largest absolute Gasteiger partial charge is 0.383 e. The normalized spacial score (nSPS) is 11.1. The number of methoxy groups -OCH3 is 1. The fourth-order valence-corrected chi connectivity index (χ4v) is 2.42. The molecule has 0 radical (unpaired) electrons. The highest BCUT2D eigenvalue weighted by molar-refractivity contribution is 7.15. The van der Waals surface area contributed by atoms with E-state index in [4.69, 9.17) is 4.74 Å². The molecule has 98 valence electrons. The number of aromatic nitrogens is 1. The zero-order valence-electron chi connectivity index (χ0n) is 11.2. The first-order valence-corrected chi connectivity index (χ1v) is 6.80. The first-order chi connectivity index (χ1) is 8.13. The average molecular weight is 257 g/mol. The third-order valence-electron chi connectivity index (χ3n) is 2.29. The predicted octanol–water partition coefficient (Wildman–Crippen LogP) is 1.97. The van der Waals surface area contributed by atoms with Gasteiger partial charge in [0.2, 0.25) is 0 Å². The molecule has 1 rings (SSSR count). The van der Waals surface area contributed by atoms with Crippen LogP contribution in [-0.2, 0) is 11.3 Å². The molecule has 4 nitrogen and oxygen atoms in total. The number of nitrogens with zero attached hydrogens (tertiary/aromatic N) is 2. The van der Waals surface area contributed by atoms with Gasteiger partial charge in [-0.25, -0.2) is 4.98 Å². The van der Waals surface area contributed by atoms with Crippen LogP contribution in [0.2, 0.25) is 0 Å². The van der Waals surface area contributed by atoms with Gasteiger partial charge >= 0.3 is 0 Å². The monoisotopic (exact) mass is 257 g/mol. The van der Waals surface area contributed by atoms with E-state index < -0.39 is 0 Å². The Labute approximate surface area is 108 Å². The fraction of sp³-hybridized carbons (Fsp3) is 0.750. The Hall–Kier alpha value is -0.650. The maximum atomic E-state index is 4.98. The Balaban J connectivity index is 2.36. The maximum absolute atomic E-state index is 4.98. The van der Waals surface area contributed by atoms with Crippen molar-refractivity contribution in [2.24, 2.45) is 5.92 Å². The van der Waals surface area contributed by atoms with E-state index in [2.05, 4.69) is 36.1 Å². The van der Waals surface area contributed by atoms with Crippen molar-refractivity contribution in [3.05, 3.63) is 11.1 Å². The van der Waals surface area contributed by atoms with Gasteiger partial charge in [-0.3, -0.25) is 0 Å². The highest BCUT2D eigenvalue weighted by atomic mass is 32.1. The van der Waals surface area contributed by atoms with Gasteiger partial charge in [0.1, 0.15) is 0 Å². The van der Waals surface area contributed by atoms with Gasteiger partial charge in [0.05, 0.1) is 6.61 Å². The Bertz CT molecular complexity index is 314. The van der Waals surface area contributed by atoms with E-state index in [0.29, 0.717) is 5.92 Å². The number of anilines is 1. The molecule has 1 heterocycles. The van der Waals surface area contributed by atoms with Crippen LogP contribution in [0.25, 0.3) is 0 Å². The smallest absolute Gasteiger partial charge is 0.185 e. The van der Waals surface area contributed by atoms with Gasteiger partial charge in [0, 0.05) is 44.9 Å². The second-order valence-corrected chi connectivity index (χ2v) is 5.65.